The van der Waals surface area contributed by atoms with E-state index < -0.39 is 17.7 Å². The molecule has 1 N–H and O–H groups in total. The lowest BCUT2D eigenvalue weighted by molar-refractivity contribution is -0.132. The van der Waals surface area contributed by atoms with Gasteiger partial charge in [-0.05, 0) is 42.8 Å². The molecule has 0 radical (unpaired) electrons. The minimum atomic E-state index is -0.896. The highest BCUT2D eigenvalue weighted by atomic mass is 35.5. The van der Waals surface area contributed by atoms with E-state index in [1.165, 1.54) is 16.2 Å². The summed E-state index contributed by atoms with van der Waals surface area (Å²) in [7, 11) is 0. The predicted molar refractivity (Wildman–Crippen MR) is 118 cm³/mol. The molecule has 1 atom stereocenters. The lowest BCUT2D eigenvalue weighted by atomic mass is 9.95. The van der Waals surface area contributed by atoms with E-state index >= 15 is 0 Å². The van der Waals surface area contributed by atoms with Crippen molar-refractivity contribution in [2.24, 2.45) is 0 Å². The van der Waals surface area contributed by atoms with Crippen LogP contribution in [-0.4, -0.2) is 40.2 Å². The van der Waals surface area contributed by atoms with Crippen LogP contribution in [0, 0.1) is 6.92 Å². The second kappa shape index (κ2) is 7.92. The van der Waals surface area contributed by atoms with Crippen molar-refractivity contribution >= 4 is 45.5 Å². The Morgan fingerprint density at radius 3 is 2.50 bits per heavy atom. The van der Waals surface area contributed by atoms with E-state index in [0.29, 0.717) is 45.9 Å². The van der Waals surface area contributed by atoms with Gasteiger partial charge in [-0.3, -0.25) is 14.5 Å². The second-order valence-electron chi connectivity index (χ2n) is 7.18. The van der Waals surface area contributed by atoms with Crippen LogP contribution in [0.4, 0.5) is 5.13 Å². The molecule has 1 aromatic heterocycles. The number of aryl methyl sites for hydroxylation is 1. The number of aromatic nitrogens is 2. The molecule has 1 fully saturated rings. The van der Waals surface area contributed by atoms with Crippen LogP contribution in [0.1, 0.15) is 22.2 Å². The summed E-state index contributed by atoms with van der Waals surface area (Å²) in [5.74, 6) is -0.918. The fourth-order valence-corrected chi connectivity index (χ4v) is 4.56. The molecular weight excluding hydrogens is 454 g/mol. The highest BCUT2D eigenvalue weighted by Gasteiger charge is 2.48. The smallest absolute Gasteiger partial charge is 0.301 e. The molecule has 10 heteroatoms. The zero-order valence-electron chi connectivity index (χ0n) is 16.7. The topological polar surface area (TPSA) is 102 Å². The van der Waals surface area contributed by atoms with Gasteiger partial charge in [0, 0.05) is 10.6 Å². The van der Waals surface area contributed by atoms with Gasteiger partial charge in [-0.1, -0.05) is 35.1 Å². The summed E-state index contributed by atoms with van der Waals surface area (Å²) in [5.41, 5.74) is 0.877. The van der Waals surface area contributed by atoms with Crippen molar-refractivity contribution in [3.63, 3.8) is 0 Å². The third kappa shape index (κ3) is 3.39. The number of halogens is 1. The van der Waals surface area contributed by atoms with Crippen LogP contribution in [0.3, 0.4) is 0 Å². The predicted octanol–water partition coefficient (Wildman–Crippen LogP) is 3.90. The molecule has 1 unspecified atom stereocenters. The third-order valence-corrected chi connectivity index (χ3v) is 6.26. The van der Waals surface area contributed by atoms with Gasteiger partial charge >= 0.3 is 5.91 Å². The Hall–Kier alpha value is -3.43. The van der Waals surface area contributed by atoms with Gasteiger partial charge in [0.1, 0.15) is 24.0 Å². The summed E-state index contributed by atoms with van der Waals surface area (Å²) in [4.78, 5) is 27.4. The number of nitrogens with zero attached hydrogens (tertiary/aromatic N) is 3. The van der Waals surface area contributed by atoms with Crippen molar-refractivity contribution in [3.05, 3.63) is 69.2 Å². The van der Waals surface area contributed by atoms with Crippen molar-refractivity contribution in [3.8, 4) is 11.5 Å². The van der Waals surface area contributed by atoms with Crippen LogP contribution < -0.4 is 14.4 Å². The van der Waals surface area contributed by atoms with E-state index in [4.69, 9.17) is 21.1 Å². The highest BCUT2D eigenvalue weighted by molar-refractivity contribution is 7.15. The van der Waals surface area contributed by atoms with E-state index in [1.54, 1.807) is 49.4 Å². The Labute approximate surface area is 191 Å². The van der Waals surface area contributed by atoms with Gasteiger partial charge in [0.05, 0.1) is 11.6 Å². The Morgan fingerprint density at radius 1 is 1.09 bits per heavy atom. The lowest BCUT2D eigenvalue weighted by Crippen LogP contribution is -2.29. The van der Waals surface area contributed by atoms with Crippen LogP contribution in [-0.2, 0) is 9.59 Å². The number of hydrogen-bond acceptors (Lipinski definition) is 8. The zero-order chi connectivity index (χ0) is 22.4. The Morgan fingerprint density at radius 2 is 1.81 bits per heavy atom. The molecule has 2 aliphatic heterocycles. The Kier molecular flexibility index (Phi) is 5.07. The number of Topliss-reactive ketones (excluding diaryl/α,β-unsaturated/α-hetero) is 1. The quantitative estimate of drug-likeness (QED) is 0.352. The highest BCUT2D eigenvalue weighted by Crippen LogP contribution is 2.44. The molecule has 32 heavy (non-hydrogen) atoms. The van der Waals surface area contributed by atoms with Crippen LogP contribution in [0.2, 0.25) is 5.02 Å². The fourth-order valence-electron chi connectivity index (χ4n) is 3.72. The van der Waals surface area contributed by atoms with Gasteiger partial charge in [0.2, 0.25) is 5.13 Å². The van der Waals surface area contributed by atoms with Gasteiger partial charge in [-0.25, -0.2) is 0 Å². The first-order chi connectivity index (χ1) is 15.4. The van der Waals surface area contributed by atoms with E-state index in [0.717, 1.165) is 0 Å². The monoisotopic (exact) mass is 469 g/mol. The first-order valence-corrected chi connectivity index (χ1v) is 10.9. The average Bonchev–Trinajstić information content (AvgIpc) is 3.34. The van der Waals surface area contributed by atoms with Gasteiger partial charge in [0.25, 0.3) is 5.78 Å². The molecule has 5 rings (SSSR count). The van der Waals surface area contributed by atoms with Crippen LogP contribution in [0.25, 0.3) is 5.76 Å². The molecule has 162 valence electrons. The Bertz CT molecular complexity index is 1270. The summed E-state index contributed by atoms with van der Waals surface area (Å²) >= 11 is 7.22. The first-order valence-electron chi connectivity index (χ1n) is 9.70. The number of carbonyl (C=O) groups is 2. The molecular formula is C22H16ClN3O5S. The molecule has 0 spiro atoms. The minimum absolute atomic E-state index is 0.0538. The number of carbonyl (C=O) groups excluding carboxylic acids is 2. The maximum Gasteiger partial charge on any atom is 0.301 e. The summed E-state index contributed by atoms with van der Waals surface area (Å²) in [6.45, 7) is 2.56. The number of benzene rings is 2. The van der Waals surface area contributed by atoms with Gasteiger partial charge in [-0.2, -0.15) is 0 Å². The molecule has 3 heterocycles. The van der Waals surface area contributed by atoms with E-state index in [9.17, 15) is 14.7 Å². The first kappa shape index (κ1) is 20.5. The number of ether oxygens (including phenoxy) is 2. The maximum absolute atomic E-state index is 13.1. The molecule has 2 aromatic carbocycles. The second-order valence-corrected chi connectivity index (χ2v) is 8.78. The van der Waals surface area contributed by atoms with Crippen molar-refractivity contribution in [2.45, 2.75) is 13.0 Å². The summed E-state index contributed by atoms with van der Waals surface area (Å²) in [5, 5.41) is 20.6. The third-order valence-electron chi connectivity index (χ3n) is 5.17. The molecule has 8 nitrogen and oxygen atoms in total. The number of aliphatic hydroxyl groups excluding tert-OH is 1. The molecule has 0 bridgehead atoms. The molecule has 2 aliphatic rings. The normalized spacial score (nSPS) is 19.4. The van der Waals surface area contributed by atoms with Gasteiger partial charge in [0.15, 0.2) is 11.5 Å². The molecule has 0 aliphatic carbocycles. The number of rotatable bonds is 3. The van der Waals surface area contributed by atoms with Crippen molar-refractivity contribution < 1.29 is 24.2 Å². The number of ketones is 1. The zero-order valence-corrected chi connectivity index (χ0v) is 18.3. The van der Waals surface area contributed by atoms with E-state index in [1.807, 2.05) is 0 Å². The van der Waals surface area contributed by atoms with E-state index in [2.05, 4.69) is 10.2 Å². The maximum atomic E-state index is 13.1. The standard InChI is InChI=1S/C22H16ClN3O5S/c1-11-24-25-22(32-11)26-18(12-2-5-14(23)6-3-12)17(20(28)21(26)29)19(27)13-4-7-15-16(10-13)31-9-8-30-15/h2-7,10,18,27H,8-9H2,1H3/b19-17-. The summed E-state index contributed by atoms with van der Waals surface area (Å²) in [6.07, 6.45) is 0. The number of aliphatic hydroxyl groups is 1. The molecule has 3 aromatic rings. The van der Waals surface area contributed by atoms with Crippen molar-refractivity contribution in [2.75, 3.05) is 18.1 Å². The summed E-state index contributed by atoms with van der Waals surface area (Å²) < 4.78 is 11.1. The van der Waals surface area contributed by atoms with Crippen LogP contribution in [0.5, 0.6) is 11.5 Å². The molecule has 1 amide bonds. The van der Waals surface area contributed by atoms with E-state index in [-0.39, 0.29) is 16.5 Å². The Balaban J connectivity index is 1.69. The minimum Gasteiger partial charge on any atom is -0.507 e. The number of hydrogen-bond donors (Lipinski definition) is 1. The largest absolute Gasteiger partial charge is 0.507 e. The lowest BCUT2D eigenvalue weighted by Gasteiger charge is -2.23. The number of anilines is 1. The van der Waals surface area contributed by atoms with Crippen molar-refractivity contribution in [1.29, 1.82) is 0 Å². The van der Waals surface area contributed by atoms with Gasteiger partial charge < -0.3 is 14.6 Å². The van der Waals surface area contributed by atoms with Gasteiger partial charge in [-0.15, -0.1) is 10.2 Å². The van der Waals surface area contributed by atoms with Crippen LogP contribution >= 0.6 is 22.9 Å². The number of fused-ring (bicyclic) bond motifs is 1. The molecule has 0 saturated carbocycles. The van der Waals surface area contributed by atoms with Crippen LogP contribution in [0.15, 0.2) is 48.0 Å². The molecule has 1 saturated heterocycles. The number of amides is 1. The average molecular weight is 470 g/mol. The SMILES string of the molecule is Cc1nnc(N2C(=O)C(=O)/C(=C(\O)c3ccc4c(c3)OCCO4)C2c2ccc(Cl)cc2)s1. The summed E-state index contributed by atoms with van der Waals surface area (Å²) in [6, 6.07) is 10.7. The fraction of sp³-hybridized carbons (Fsp3) is 0.182. The van der Waals surface area contributed by atoms with Crippen molar-refractivity contribution in [1.82, 2.24) is 10.2 Å².